The lowest BCUT2D eigenvalue weighted by Crippen LogP contribution is -2.57. The molecule has 44 heavy (non-hydrogen) atoms. The number of ether oxygens (including phenoxy) is 1. The van der Waals surface area contributed by atoms with E-state index in [4.69, 9.17) is 4.74 Å². The van der Waals surface area contributed by atoms with Gasteiger partial charge in [-0.2, -0.15) is 31.1 Å². The SMILES string of the molecule is Cn1nnc([C@@H]2C[C@@]3(c4ccccc4)[C@H](OC(=O)c4cc(C(F)(F)F)cc(C(F)(F)F)c4)CC[C@@H]2N3Cc2ccccc2)n1. The summed E-state index contributed by atoms with van der Waals surface area (Å²) in [4.78, 5) is 17.1. The minimum Gasteiger partial charge on any atom is -0.456 e. The molecular weight excluding hydrogens is 588 g/mol. The van der Waals surface area contributed by atoms with E-state index >= 15 is 0 Å². The number of carbonyl (C=O) groups is 1. The van der Waals surface area contributed by atoms with Crippen LogP contribution in [0.25, 0.3) is 0 Å². The van der Waals surface area contributed by atoms with Crippen LogP contribution in [0.2, 0.25) is 0 Å². The summed E-state index contributed by atoms with van der Waals surface area (Å²) >= 11 is 0. The van der Waals surface area contributed by atoms with Crippen molar-refractivity contribution in [1.29, 1.82) is 0 Å². The van der Waals surface area contributed by atoms with Gasteiger partial charge in [-0.25, -0.2) is 4.79 Å². The number of halogens is 6. The van der Waals surface area contributed by atoms with Crippen molar-refractivity contribution in [2.45, 2.75) is 61.8 Å². The zero-order valence-electron chi connectivity index (χ0n) is 23.4. The van der Waals surface area contributed by atoms with Gasteiger partial charge in [-0.1, -0.05) is 60.7 Å². The van der Waals surface area contributed by atoms with Crippen LogP contribution in [0, 0.1) is 0 Å². The van der Waals surface area contributed by atoms with E-state index in [1.807, 2.05) is 60.7 Å². The number of hydrogen-bond donors (Lipinski definition) is 0. The summed E-state index contributed by atoms with van der Waals surface area (Å²) in [6, 6.07) is 19.6. The van der Waals surface area contributed by atoms with E-state index in [0.29, 0.717) is 43.8 Å². The molecule has 0 saturated carbocycles. The van der Waals surface area contributed by atoms with Crippen LogP contribution in [-0.2, 0) is 36.2 Å². The summed E-state index contributed by atoms with van der Waals surface area (Å²) in [6.45, 7) is 0.437. The number of esters is 1. The molecule has 13 heteroatoms. The molecule has 0 unspecified atom stereocenters. The van der Waals surface area contributed by atoms with Gasteiger partial charge in [-0.15, -0.1) is 10.2 Å². The second kappa shape index (κ2) is 11.0. The van der Waals surface area contributed by atoms with Gasteiger partial charge in [0, 0.05) is 18.5 Å². The van der Waals surface area contributed by atoms with E-state index < -0.39 is 46.7 Å². The van der Waals surface area contributed by atoms with Crippen LogP contribution in [0.4, 0.5) is 26.3 Å². The topological polar surface area (TPSA) is 73.1 Å². The maximum Gasteiger partial charge on any atom is 0.416 e. The summed E-state index contributed by atoms with van der Waals surface area (Å²) in [5.74, 6) is -0.990. The molecule has 2 aliphatic rings. The van der Waals surface area contributed by atoms with Crippen LogP contribution in [0.15, 0.2) is 78.9 Å². The minimum absolute atomic E-state index is 0.00942. The normalized spacial score (nSPS) is 23.9. The number of tetrazole rings is 1. The lowest BCUT2D eigenvalue weighted by molar-refractivity contribution is -0.143. The van der Waals surface area contributed by atoms with Crippen molar-refractivity contribution >= 4 is 5.97 Å². The summed E-state index contributed by atoms with van der Waals surface area (Å²) in [6.07, 6.45) is -9.91. The highest BCUT2D eigenvalue weighted by atomic mass is 19.4. The van der Waals surface area contributed by atoms with Crippen LogP contribution >= 0.6 is 0 Å². The van der Waals surface area contributed by atoms with Gasteiger partial charge in [0.1, 0.15) is 6.10 Å². The fourth-order valence-corrected chi connectivity index (χ4v) is 6.71. The van der Waals surface area contributed by atoms with Gasteiger partial charge in [0.2, 0.25) is 0 Å². The van der Waals surface area contributed by atoms with Crippen LogP contribution in [-0.4, -0.2) is 43.2 Å². The number of piperidine rings is 1. The number of nitrogens with zero attached hydrogens (tertiary/aromatic N) is 5. The van der Waals surface area contributed by atoms with Crippen LogP contribution in [0.1, 0.15) is 63.6 Å². The van der Waals surface area contributed by atoms with Crippen molar-refractivity contribution < 1.29 is 35.9 Å². The van der Waals surface area contributed by atoms with Gasteiger partial charge in [-0.05, 0) is 53.8 Å². The van der Waals surface area contributed by atoms with Crippen LogP contribution < -0.4 is 0 Å². The van der Waals surface area contributed by atoms with E-state index in [9.17, 15) is 31.1 Å². The van der Waals surface area contributed by atoms with Gasteiger partial charge >= 0.3 is 18.3 Å². The van der Waals surface area contributed by atoms with E-state index in [-0.39, 0.29) is 18.0 Å². The highest BCUT2D eigenvalue weighted by Crippen LogP contribution is 2.57. The number of aromatic nitrogens is 4. The van der Waals surface area contributed by atoms with Crippen LogP contribution in [0.5, 0.6) is 0 Å². The Balaban J connectivity index is 1.45. The zero-order valence-corrected chi connectivity index (χ0v) is 23.4. The maximum atomic E-state index is 13.6. The smallest absolute Gasteiger partial charge is 0.416 e. The third-order valence-electron chi connectivity index (χ3n) is 8.56. The minimum atomic E-state index is -5.10. The largest absolute Gasteiger partial charge is 0.456 e. The molecule has 230 valence electrons. The second-order valence-corrected chi connectivity index (χ2v) is 11.2. The molecule has 3 heterocycles. The predicted octanol–water partition coefficient (Wildman–Crippen LogP) is 6.52. The van der Waals surface area contributed by atoms with Gasteiger partial charge in [-0.3, -0.25) is 4.90 Å². The lowest BCUT2D eigenvalue weighted by atomic mass is 9.78. The Morgan fingerprint density at radius 2 is 1.52 bits per heavy atom. The summed E-state index contributed by atoms with van der Waals surface area (Å²) < 4.78 is 87.5. The molecule has 0 aliphatic carbocycles. The molecule has 1 aromatic heterocycles. The van der Waals surface area contributed by atoms with Crippen molar-refractivity contribution in [3.63, 3.8) is 0 Å². The second-order valence-electron chi connectivity index (χ2n) is 11.2. The molecular formula is C31H27F6N5O2. The average Bonchev–Trinajstić information content (AvgIpc) is 3.51. The fraction of sp³-hybridized carbons (Fsp3) is 0.355. The predicted molar refractivity (Wildman–Crippen MR) is 145 cm³/mol. The molecule has 0 radical (unpaired) electrons. The van der Waals surface area contributed by atoms with Crippen molar-refractivity contribution in [2.75, 3.05) is 0 Å². The first kappa shape index (κ1) is 29.8. The molecule has 2 saturated heterocycles. The molecule has 2 fully saturated rings. The lowest BCUT2D eigenvalue weighted by Gasteiger charge is -2.49. The first-order chi connectivity index (χ1) is 20.9. The van der Waals surface area contributed by atoms with Crippen molar-refractivity contribution in [2.24, 2.45) is 7.05 Å². The van der Waals surface area contributed by atoms with Gasteiger partial charge < -0.3 is 4.74 Å². The van der Waals surface area contributed by atoms with Gasteiger partial charge in [0.05, 0.1) is 29.3 Å². The van der Waals surface area contributed by atoms with Crippen LogP contribution in [0.3, 0.4) is 0 Å². The van der Waals surface area contributed by atoms with E-state index in [1.165, 1.54) is 4.80 Å². The Bertz CT molecular complexity index is 1610. The molecule has 4 atom stereocenters. The number of hydrogen-bond acceptors (Lipinski definition) is 6. The number of carbonyl (C=O) groups excluding carboxylic acids is 1. The third kappa shape index (κ3) is 5.44. The standard InChI is InChI=1S/C31H27F6N5O2/c1-41-39-27(38-40-41)24-17-29(21-10-6-3-7-11-21)26(13-12-25(24)42(29)18-19-8-4-2-5-9-19)44-28(43)20-14-22(30(32,33)34)16-23(15-20)31(35,36)37/h2-11,14-16,24-26H,12-13,17-18H2,1H3/t24-,25+,26-,29-/m1/s1. The van der Waals surface area contributed by atoms with Crippen molar-refractivity contribution in [3.8, 4) is 0 Å². The molecule has 3 aromatic carbocycles. The molecule has 0 amide bonds. The van der Waals surface area contributed by atoms with E-state index in [0.717, 1.165) is 11.1 Å². The molecule has 4 aromatic rings. The van der Waals surface area contributed by atoms with Crippen molar-refractivity contribution in [1.82, 2.24) is 25.1 Å². The highest BCUT2D eigenvalue weighted by Gasteiger charge is 2.61. The Kier molecular flexibility index (Phi) is 7.47. The Labute approximate surface area is 248 Å². The van der Waals surface area contributed by atoms with Crippen molar-refractivity contribution in [3.05, 3.63) is 113 Å². The summed E-state index contributed by atoms with van der Waals surface area (Å²) in [5, 5.41) is 12.8. The fourth-order valence-electron chi connectivity index (χ4n) is 6.71. The van der Waals surface area contributed by atoms with E-state index in [1.54, 1.807) is 7.05 Å². The molecule has 2 aliphatic heterocycles. The molecule has 0 spiro atoms. The monoisotopic (exact) mass is 615 g/mol. The van der Waals surface area contributed by atoms with E-state index in [2.05, 4.69) is 20.3 Å². The molecule has 7 nitrogen and oxygen atoms in total. The highest BCUT2D eigenvalue weighted by molar-refractivity contribution is 5.90. The number of aryl methyl sites for hydroxylation is 1. The third-order valence-corrected chi connectivity index (χ3v) is 8.56. The Morgan fingerprint density at radius 1 is 0.909 bits per heavy atom. The Hall–Kier alpha value is -4.26. The molecule has 6 rings (SSSR count). The summed E-state index contributed by atoms with van der Waals surface area (Å²) in [7, 11) is 1.65. The number of fused-ring (bicyclic) bond motifs is 2. The number of alkyl halides is 6. The first-order valence-electron chi connectivity index (χ1n) is 14.0. The number of benzene rings is 3. The number of rotatable bonds is 6. The molecule has 2 bridgehead atoms. The zero-order chi connectivity index (χ0) is 31.3. The quantitative estimate of drug-likeness (QED) is 0.182. The Morgan fingerprint density at radius 3 is 2.09 bits per heavy atom. The van der Waals surface area contributed by atoms with Gasteiger partial charge in [0.15, 0.2) is 5.82 Å². The molecule has 0 N–H and O–H groups in total. The summed E-state index contributed by atoms with van der Waals surface area (Å²) in [5.41, 5.74) is -3.21. The maximum absolute atomic E-state index is 13.6. The average molecular weight is 616 g/mol. The first-order valence-corrected chi connectivity index (χ1v) is 14.0. The van der Waals surface area contributed by atoms with Gasteiger partial charge in [0.25, 0.3) is 0 Å².